The van der Waals surface area contributed by atoms with Crippen molar-refractivity contribution in [2.24, 2.45) is 0 Å². The number of hydrogen-bond acceptors (Lipinski definition) is 4. The lowest BCUT2D eigenvalue weighted by atomic mass is 9.13. The van der Waals surface area contributed by atoms with Crippen molar-refractivity contribution in [2.45, 2.75) is 105 Å². The van der Waals surface area contributed by atoms with Crippen molar-refractivity contribution < 1.29 is 9.31 Å². The summed E-state index contributed by atoms with van der Waals surface area (Å²) in [7, 11) is 0. The number of nitriles is 2. The molecule has 10 aromatic carbocycles. The third-order valence-electron chi connectivity index (χ3n) is 16.1. The van der Waals surface area contributed by atoms with Crippen LogP contribution in [0.1, 0.15) is 105 Å². The molecule has 6 nitrogen and oxygen atoms in total. The van der Waals surface area contributed by atoms with Gasteiger partial charge in [-0.15, -0.1) is 0 Å². The lowest BCUT2D eigenvalue weighted by molar-refractivity contribution is 0.295. The van der Waals surface area contributed by atoms with Crippen LogP contribution in [0, 0.1) is 22.7 Å². The minimum Gasteiger partial charge on any atom is -0.553 e. The molecule has 0 aliphatic carbocycles. The fourth-order valence-electron chi connectivity index (χ4n) is 12.7. The molecule has 0 atom stereocenters. The minimum atomic E-state index is -2.09. The highest BCUT2D eigenvalue weighted by Crippen LogP contribution is 2.38. The van der Waals surface area contributed by atoms with Crippen molar-refractivity contribution in [3.05, 3.63) is 217 Å². The Morgan fingerprint density at radius 1 is 0.359 bits per heavy atom. The van der Waals surface area contributed by atoms with E-state index in [1.807, 2.05) is 0 Å². The largest absolute Gasteiger partial charge is 0.951 e. The van der Waals surface area contributed by atoms with Gasteiger partial charge in [-0.3, -0.25) is 8.97 Å². The summed E-state index contributed by atoms with van der Waals surface area (Å²) in [6.07, 6.45) is 13.8. The molecule has 1 spiro atoms. The van der Waals surface area contributed by atoms with E-state index in [1.165, 1.54) is 154 Å². The van der Waals surface area contributed by atoms with Gasteiger partial charge in [0.15, 0.2) is 10.7 Å². The van der Waals surface area contributed by atoms with E-state index in [9.17, 15) is 0 Å². The molecule has 0 aromatic heterocycles. The Hall–Kier alpha value is -8.19. The molecule has 78 heavy (non-hydrogen) atoms. The van der Waals surface area contributed by atoms with Crippen molar-refractivity contribution in [2.75, 3.05) is 13.1 Å². The highest BCUT2D eigenvalue weighted by molar-refractivity contribution is 7.19. The molecule has 12 rings (SSSR count). The summed E-state index contributed by atoms with van der Waals surface area (Å²) in [4.78, 5) is 0. The van der Waals surface area contributed by atoms with Crippen LogP contribution in [0.2, 0.25) is 0 Å². The van der Waals surface area contributed by atoms with Gasteiger partial charge in [0, 0.05) is 49.6 Å². The Balaban J connectivity index is 0.000000200. The first-order valence-electron chi connectivity index (χ1n) is 28.8. The first-order valence-corrected chi connectivity index (χ1v) is 28.8. The third kappa shape index (κ3) is 11.0. The van der Waals surface area contributed by atoms with Crippen molar-refractivity contribution in [1.82, 2.24) is 8.97 Å². The van der Waals surface area contributed by atoms with E-state index >= 15 is 0 Å². The van der Waals surface area contributed by atoms with Gasteiger partial charge in [0.1, 0.15) is 19.2 Å². The average molecular weight is 1030 g/mol. The zero-order valence-electron chi connectivity index (χ0n) is 46.3. The molecule has 392 valence electrons. The van der Waals surface area contributed by atoms with Crippen LogP contribution < -0.4 is 50.8 Å². The number of benzene rings is 10. The van der Waals surface area contributed by atoms with Crippen molar-refractivity contribution in [3.63, 3.8) is 0 Å². The first-order chi connectivity index (χ1) is 38.5. The number of rotatable bonds is 18. The third-order valence-corrected chi connectivity index (χ3v) is 16.1. The topological polar surface area (TPSA) is 72.1 Å². The predicted molar refractivity (Wildman–Crippen MR) is 332 cm³/mol. The van der Waals surface area contributed by atoms with Gasteiger partial charge >= 0.3 is 6.82 Å². The minimum absolute atomic E-state index is 0.891. The zero-order chi connectivity index (χ0) is 54.2. The van der Waals surface area contributed by atoms with Crippen LogP contribution in [0.4, 0.5) is 0 Å². The van der Waals surface area contributed by atoms with Gasteiger partial charge in [0.05, 0.1) is 34.4 Å². The van der Waals surface area contributed by atoms with E-state index in [1.54, 1.807) is 12.1 Å². The fourth-order valence-corrected chi connectivity index (χ4v) is 12.7. The maximum atomic E-state index is 7.45. The molecule has 2 heterocycles. The molecule has 0 amide bonds. The molecule has 0 bridgehead atoms. The molecule has 10 aromatic rings. The average Bonchev–Trinajstić information content (AvgIpc) is 3.61. The summed E-state index contributed by atoms with van der Waals surface area (Å²) in [6.45, 7) is 7.14. The molecule has 0 fully saturated rings. The number of unbranched alkanes of at least 4 members (excludes halogenated alkanes) is 10. The van der Waals surface area contributed by atoms with Crippen LogP contribution in [0.5, 0.6) is 11.5 Å². The van der Waals surface area contributed by atoms with Crippen molar-refractivity contribution >= 4 is 77.9 Å². The van der Waals surface area contributed by atoms with Gasteiger partial charge in [0.2, 0.25) is 0 Å². The predicted octanol–water partition coefficient (Wildman–Crippen LogP) is 13.5. The van der Waals surface area contributed by atoms with Crippen LogP contribution >= 0.6 is 0 Å². The molecule has 0 unspecified atom stereocenters. The van der Waals surface area contributed by atoms with Crippen molar-refractivity contribution in [1.29, 1.82) is 10.5 Å². The lowest BCUT2D eigenvalue weighted by Gasteiger charge is -2.44. The lowest BCUT2D eigenvalue weighted by Crippen LogP contribution is -2.78. The highest BCUT2D eigenvalue weighted by atomic mass is 16.6. The second kappa shape index (κ2) is 26.2. The standard InChI is InChI=1S/C42H48BN2O2.C24H20B.2C2H3N/c1-3-5-7-9-11-13-29-44-35-25-21-31-17-15-19-33-23-27-37(41(35)39(31)33)46-43(44)45(30-14-12-10-8-6-4-2)36-26-22-32-18-16-20-34-24-28-38(47-43)42(36)40(32)34;1-5-13-21(14-6-1)25(22-15-7-2-8-16-22,23-17-9-3-10-18-23)24-19-11-4-12-20-24;2*1-2-3/h15-28H,3-14,29-30H2,1-2H3;1-20H;2*1H3/q+1;-1;;. The normalized spacial score (nSPS) is 12.8. The van der Waals surface area contributed by atoms with E-state index in [0.29, 0.717) is 0 Å². The summed E-state index contributed by atoms with van der Waals surface area (Å²) in [5, 5.41) is 27.2. The molecule has 0 saturated heterocycles. The summed E-state index contributed by atoms with van der Waals surface area (Å²) in [5.74, 6) is 1.86. The van der Waals surface area contributed by atoms with E-state index < -0.39 is 13.0 Å². The van der Waals surface area contributed by atoms with Crippen LogP contribution in [-0.2, 0) is 0 Å². The zero-order valence-corrected chi connectivity index (χ0v) is 46.3. The fraction of sp³-hybridized carbons (Fsp3) is 0.257. The SMILES string of the molecule is CC#N.CC#N.CCCCCCCC[N+]1=c2ccc3cccc4ccc(c2c43)O[B-]12Oc1ccc3cccc4ccc(c1c34)=[N+]2CCCCCCCC.c1ccc([B-](c2ccccc2)(c2ccccc2)c2ccccc2)cc1. The van der Waals surface area contributed by atoms with E-state index in [-0.39, 0.29) is 0 Å². The van der Waals surface area contributed by atoms with Gasteiger partial charge in [-0.05, 0) is 58.7 Å². The van der Waals surface area contributed by atoms with Gasteiger partial charge in [0.25, 0.3) is 0 Å². The number of hydrogen-bond donors (Lipinski definition) is 0. The Labute approximate surface area is 462 Å². The van der Waals surface area contributed by atoms with E-state index in [0.717, 1.165) is 37.4 Å². The smallest absolute Gasteiger partial charge is 0.553 e. The maximum absolute atomic E-state index is 7.45. The van der Waals surface area contributed by atoms with Gasteiger partial charge in [-0.2, -0.15) is 32.4 Å². The summed E-state index contributed by atoms with van der Waals surface area (Å²) in [5.41, 5.74) is 5.36. The molecule has 8 heteroatoms. The molecule has 2 aliphatic heterocycles. The number of nitrogens with zero attached hydrogens (tertiary/aromatic N) is 4. The second-order valence-corrected chi connectivity index (χ2v) is 21.0. The van der Waals surface area contributed by atoms with Crippen molar-refractivity contribution in [3.8, 4) is 23.6 Å². The highest BCUT2D eigenvalue weighted by Gasteiger charge is 2.66. The van der Waals surface area contributed by atoms with Crippen LogP contribution in [0.25, 0.3) is 43.1 Å². The summed E-state index contributed by atoms with van der Waals surface area (Å²) < 4.78 is 20.0. The Bertz CT molecular complexity index is 3420. The Morgan fingerprint density at radius 3 is 0.974 bits per heavy atom. The van der Waals surface area contributed by atoms with Crippen LogP contribution in [0.15, 0.2) is 206 Å². The van der Waals surface area contributed by atoms with Gasteiger partial charge < -0.3 is 9.31 Å². The van der Waals surface area contributed by atoms with E-state index in [2.05, 4.69) is 229 Å². The molecule has 0 radical (unpaired) electrons. The molecular weight excluding hydrogens is 950 g/mol. The van der Waals surface area contributed by atoms with Crippen LogP contribution in [0.3, 0.4) is 0 Å². The monoisotopic (exact) mass is 1020 g/mol. The second-order valence-electron chi connectivity index (χ2n) is 21.0. The Kier molecular flexibility index (Phi) is 18.4. The van der Waals surface area contributed by atoms with Crippen LogP contribution in [-0.4, -0.2) is 26.1 Å². The first kappa shape index (κ1) is 54.6. The molecule has 2 aliphatic rings. The maximum Gasteiger partial charge on any atom is 0.951 e. The van der Waals surface area contributed by atoms with Gasteiger partial charge in [-0.1, -0.05) is 235 Å². The van der Waals surface area contributed by atoms with Gasteiger partial charge in [-0.25, -0.2) is 0 Å². The summed E-state index contributed by atoms with van der Waals surface area (Å²) in [6, 6.07) is 78.4. The Morgan fingerprint density at radius 2 is 0.654 bits per heavy atom. The van der Waals surface area contributed by atoms with E-state index in [4.69, 9.17) is 19.8 Å². The quantitative estimate of drug-likeness (QED) is 0.0634. The summed E-state index contributed by atoms with van der Waals surface area (Å²) >= 11 is 0. The molecular formula is C70H74B2N4O2. The molecule has 0 N–H and O–H groups in total. The molecule has 0 saturated carbocycles.